The minimum atomic E-state index is -0.0324. The molecule has 0 N–H and O–H groups in total. The van der Waals surface area contributed by atoms with Gasteiger partial charge in [-0.05, 0) is 121 Å². The Morgan fingerprint density at radius 3 is 1.26 bits per heavy atom. The second kappa shape index (κ2) is 15.0. The SMILES string of the molecule is c1ccc(N(c2ccccc2)c2ccc(C3(c4ccc(N(c5ccccc5)c5ccc6c(c5)c5ccccc5n6-c5ccccc5)cc4)CCCCC3)cc2)cc1. The molecule has 9 aromatic rings. The fourth-order valence-corrected chi connectivity index (χ4v) is 9.34. The lowest BCUT2D eigenvalue weighted by molar-refractivity contribution is 0.346. The lowest BCUT2D eigenvalue weighted by Gasteiger charge is -2.39. The maximum absolute atomic E-state index is 2.41. The van der Waals surface area contributed by atoms with Crippen LogP contribution in [-0.4, -0.2) is 4.57 Å². The van der Waals surface area contributed by atoms with Crippen molar-refractivity contribution >= 4 is 55.9 Å². The van der Waals surface area contributed by atoms with E-state index in [1.165, 1.54) is 63.6 Å². The molecule has 1 aliphatic rings. The van der Waals surface area contributed by atoms with Crippen LogP contribution in [0.5, 0.6) is 0 Å². The summed E-state index contributed by atoms with van der Waals surface area (Å²) in [7, 11) is 0. The van der Waals surface area contributed by atoms with Crippen LogP contribution >= 0.6 is 0 Å². The largest absolute Gasteiger partial charge is 0.311 e. The molecular weight excluding hydrogens is 691 g/mol. The maximum atomic E-state index is 2.41. The van der Waals surface area contributed by atoms with Gasteiger partial charge in [-0.1, -0.05) is 135 Å². The molecule has 10 rings (SSSR count). The van der Waals surface area contributed by atoms with Crippen molar-refractivity contribution in [1.29, 1.82) is 0 Å². The first-order valence-corrected chi connectivity index (χ1v) is 20.3. The van der Waals surface area contributed by atoms with Crippen molar-refractivity contribution in [3.63, 3.8) is 0 Å². The van der Waals surface area contributed by atoms with Crippen molar-refractivity contribution in [3.8, 4) is 5.69 Å². The molecule has 57 heavy (non-hydrogen) atoms. The number of hydrogen-bond donors (Lipinski definition) is 0. The molecule has 0 spiro atoms. The molecule has 3 nitrogen and oxygen atoms in total. The third-order valence-electron chi connectivity index (χ3n) is 12.0. The molecule has 0 aliphatic heterocycles. The Balaban J connectivity index is 1.04. The molecular formula is C54H45N3. The van der Waals surface area contributed by atoms with Gasteiger partial charge in [0.1, 0.15) is 0 Å². The van der Waals surface area contributed by atoms with E-state index in [0.717, 1.165) is 41.3 Å². The van der Waals surface area contributed by atoms with Gasteiger partial charge in [0.05, 0.1) is 11.0 Å². The molecule has 0 saturated heterocycles. The van der Waals surface area contributed by atoms with Crippen LogP contribution in [0.25, 0.3) is 27.5 Å². The van der Waals surface area contributed by atoms with Gasteiger partial charge >= 0.3 is 0 Å². The zero-order chi connectivity index (χ0) is 38.0. The lowest BCUT2D eigenvalue weighted by atomic mass is 9.65. The number of fused-ring (bicyclic) bond motifs is 3. The standard InChI is InChI=1S/C54H45N3/c1-6-18-43(19-7-1)55(44-20-8-2-9-21-44)47-32-28-41(29-33-47)54(38-16-5-17-39-54)42-30-34-48(35-31-42)56(45-22-10-3-11-23-45)49-36-37-53-51(40-49)50-26-14-15-27-52(50)57(53)46-24-12-4-13-25-46/h1-4,6-15,18-37,40H,5,16-17,38-39H2. The first kappa shape index (κ1) is 34.6. The third-order valence-corrected chi connectivity index (χ3v) is 12.0. The van der Waals surface area contributed by atoms with E-state index >= 15 is 0 Å². The third kappa shape index (κ3) is 6.36. The molecule has 8 aromatic carbocycles. The number of aromatic nitrogens is 1. The van der Waals surface area contributed by atoms with E-state index in [1.54, 1.807) is 0 Å². The van der Waals surface area contributed by atoms with Gasteiger partial charge in [0.25, 0.3) is 0 Å². The van der Waals surface area contributed by atoms with Crippen LogP contribution in [-0.2, 0) is 5.41 Å². The Kier molecular flexibility index (Phi) is 9.12. The maximum Gasteiger partial charge on any atom is 0.0542 e. The summed E-state index contributed by atoms with van der Waals surface area (Å²) in [5.74, 6) is 0. The number of hydrogen-bond acceptors (Lipinski definition) is 2. The molecule has 1 saturated carbocycles. The highest BCUT2D eigenvalue weighted by Crippen LogP contribution is 2.47. The molecule has 0 atom stereocenters. The number of nitrogens with zero attached hydrogens (tertiary/aromatic N) is 3. The molecule has 3 heteroatoms. The van der Waals surface area contributed by atoms with Crippen molar-refractivity contribution in [1.82, 2.24) is 4.57 Å². The van der Waals surface area contributed by atoms with Crippen LogP contribution in [0.1, 0.15) is 43.2 Å². The van der Waals surface area contributed by atoms with E-state index in [2.05, 4.69) is 227 Å². The number of para-hydroxylation sites is 5. The highest BCUT2D eigenvalue weighted by molar-refractivity contribution is 6.10. The number of rotatable bonds is 9. The van der Waals surface area contributed by atoms with Crippen molar-refractivity contribution in [2.24, 2.45) is 0 Å². The summed E-state index contributed by atoms with van der Waals surface area (Å²) < 4.78 is 2.38. The fourth-order valence-electron chi connectivity index (χ4n) is 9.34. The minimum Gasteiger partial charge on any atom is -0.311 e. The van der Waals surface area contributed by atoms with E-state index in [9.17, 15) is 0 Å². The molecule has 1 heterocycles. The Labute approximate surface area is 335 Å². The van der Waals surface area contributed by atoms with Gasteiger partial charge in [-0.15, -0.1) is 0 Å². The predicted molar refractivity (Wildman–Crippen MR) is 240 cm³/mol. The molecule has 1 aromatic heterocycles. The van der Waals surface area contributed by atoms with Crippen LogP contribution in [0.15, 0.2) is 212 Å². The first-order chi connectivity index (χ1) is 28.3. The first-order valence-electron chi connectivity index (χ1n) is 20.3. The summed E-state index contributed by atoms with van der Waals surface area (Å²) in [6, 6.07) is 77.5. The smallest absolute Gasteiger partial charge is 0.0542 e. The minimum absolute atomic E-state index is 0.0324. The average molecular weight is 736 g/mol. The second-order valence-corrected chi connectivity index (χ2v) is 15.3. The van der Waals surface area contributed by atoms with Gasteiger partial charge in [0.15, 0.2) is 0 Å². The van der Waals surface area contributed by atoms with Crippen LogP contribution in [0, 0.1) is 0 Å². The van der Waals surface area contributed by atoms with Crippen molar-refractivity contribution < 1.29 is 0 Å². The molecule has 0 unspecified atom stereocenters. The fraction of sp³-hybridized carbons (Fsp3) is 0.111. The monoisotopic (exact) mass is 735 g/mol. The average Bonchev–Trinajstić information content (AvgIpc) is 3.62. The van der Waals surface area contributed by atoms with Crippen molar-refractivity contribution in [2.45, 2.75) is 37.5 Å². The summed E-state index contributed by atoms with van der Waals surface area (Å²) in [5, 5.41) is 2.50. The van der Waals surface area contributed by atoms with Crippen molar-refractivity contribution in [2.75, 3.05) is 9.80 Å². The van der Waals surface area contributed by atoms with Crippen LogP contribution in [0.3, 0.4) is 0 Å². The van der Waals surface area contributed by atoms with E-state index in [0.29, 0.717) is 0 Å². The Morgan fingerprint density at radius 2 is 0.737 bits per heavy atom. The van der Waals surface area contributed by atoms with E-state index in [4.69, 9.17) is 0 Å². The van der Waals surface area contributed by atoms with Crippen LogP contribution < -0.4 is 9.80 Å². The van der Waals surface area contributed by atoms with E-state index in [1.807, 2.05) is 0 Å². The summed E-state index contributed by atoms with van der Waals surface area (Å²) in [6.07, 6.45) is 6.06. The molecule has 0 bridgehead atoms. The zero-order valence-corrected chi connectivity index (χ0v) is 32.1. The van der Waals surface area contributed by atoms with Gasteiger partial charge in [-0.3, -0.25) is 0 Å². The molecule has 1 aliphatic carbocycles. The summed E-state index contributed by atoms with van der Waals surface area (Å²) in [6.45, 7) is 0. The van der Waals surface area contributed by atoms with Gasteiger partial charge < -0.3 is 14.4 Å². The molecule has 0 radical (unpaired) electrons. The number of benzene rings is 8. The van der Waals surface area contributed by atoms with Gasteiger partial charge in [0.2, 0.25) is 0 Å². The van der Waals surface area contributed by atoms with E-state index < -0.39 is 0 Å². The quantitative estimate of drug-likeness (QED) is 0.146. The lowest BCUT2D eigenvalue weighted by Crippen LogP contribution is -2.30. The van der Waals surface area contributed by atoms with E-state index in [-0.39, 0.29) is 5.41 Å². The van der Waals surface area contributed by atoms with Crippen LogP contribution in [0.4, 0.5) is 34.1 Å². The summed E-state index contributed by atoms with van der Waals surface area (Å²) in [5.41, 5.74) is 13.3. The highest BCUT2D eigenvalue weighted by Gasteiger charge is 2.36. The Hall–Kier alpha value is -6.84. The normalized spacial score (nSPS) is 13.8. The topological polar surface area (TPSA) is 11.4 Å². The van der Waals surface area contributed by atoms with Crippen LogP contribution in [0.2, 0.25) is 0 Å². The summed E-state index contributed by atoms with van der Waals surface area (Å²) in [4.78, 5) is 4.75. The molecule has 276 valence electrons. The highest BCUT2D eigenvalue weighted by atomic mass is 15.1. The second-order valence-electron chi connectivity index (χ2n) is 15.3. The Bertz CT molecular complexity index is 2690. The van der Waals surface area contributed by atoms with Crippen molar-refractivity contribution in [3.05, 3.63) is 223 Å². The Morgan fingerprint density at radius 1 is 0.333 bits per heavy atom. The van der Waals surface area contributed by atoms with Gasteiger partial charge in [-0.25, -0.2) is 0 Å². The van der Waals surface area contributed by atoms with Gasteiger partial charge in [-0.2, -0.15) is 0 Å². The zero-order valence-electron chi connectivity index (χ0n) is 32.1. The summed E-state index contributed by atoms with van der Waals surface area (Å²) >= 11 is 0. The molecule has 1 fully saturated rings. The number of anilines is 6. The predicted octanol–water partition coefficient (Wildman–Crippen LogP) is 15.0. The van der Waals surface area contributed by atoms with Gasteiger partial charge in [0, 0.05) is 56.0 Å². The molecule has 0 amide bonds.